The topological polar surface area (TPSA) is 47.7 Å². The lowest BCUT2D eigenvalue weighted by Crippen LogP contribution is -2.34. The summed E-state index contributed by atoms with van der Waals surface area (Å²) in [6.07, 6.45) is 3.81. The second-order valence-electron chi connectivity index (χ2n) is 5.45. The SMILES string of the molecule is CCCN(CC(N)c1ccc(OC)c(OC)c1)C1CC1. The van der Waals surface area contributed by atoms with Crippen LogP contribution in [0.1, 0.15) is 37.8 Å². The van der Waals surface area contributed by atoms with Gasteiger partial charge in [-0.1, -0.05) is 13.0 Å². The molecule has 0 spiro atoms. The monoisotopic (exact) mass is 278 g/mol. The number of nitrogens with two attached hydrogens (primary N) is 1. The van der Waals surface area contributed by atoms with E-state index in [1.54, 1.807) is 14.2 Å². The Morgan fingerprint density at radius 2 is 1.95 bits per heavy atom. The predicted octanol–water partition coefficient (Wildman–Crippen LogP) is 2.58. The molecule has 1 aromatic carbocycles. The Kier molecular flexibility index (Phi) is 5.26. The predicted molar refractivity (Wildman–Crippen MR) is 81.4 cm³/mol. The first kappa shape index (κ1) is 15.1. The van der Waals surface area contributed by atoms with E-state index in [1.165, 1.54) is 19.3 Å². The lowest BCUT2D eigenvalue weighted by molar-refractivity contribution is 0.247. The summed E-state index contributed by atoms with van der Waals surface area (Å²) in [6, 6.07) is 6.71. The molecule has 1 aromatic rings. The van der Waals surface area contributed by atoms with Gasteiger partial charge in [-0.15, -0.1) is 0 Å². The van der Waals surface area contributed by atoms with Crippen molar-refractivity contribution in [3.8, 4) is 11.5 Å². The second-order valence-corrected chi connectivity index (χ2v) is 5.45. The molecule has 4 heteroatoms. The largest absolute Gasteiger partial charge is 0.493 e. The molecule has 1 fully saturated rings. The van der Waals surface area contributed by atoms with Crippen LogP contribution in [0.5, 0.6) is 11.5 Å². The van der Waals surface area contributed by atoms with Gasteiger partial charge in [0.15, 0.2) is 11.5 Å². The van der Waals surface area contributed by atoms with E-state index in [0.717, 1.165) is 36.2 Å². The fourth-order valence-corrected chi connectivity index (χ4v) is 2.59. The molecule has 0 radical (unpaired) electrons. The molecule has 2 N–H and O–H groups in total. The van der Waals surface area contributed by atoms with E-state index in [-0.39, 0.29) is 6.04 Å². The fraction of sp³-hybridized carbons (Fsp3) is 0.625. The van der Waals surface area contributed by atoms with Crippen LogP contribution in [0.4, 0.5) is 0 Å². The van der Waals surface area contributed by atoms with Gasteiger partial charge in [0, 0.05) is 18.6 Å². The molecule has 4 nitrogen and oxygen atoms in total. The molecule has 20 heavy (non-hydrogen) atoms. The lowest BCUT2D eigenvalue weighted by atomic mass is 10.1. The highest BCUT2D eigenvalue weighted by molar-refractivity contribution is 5.43. The highest BCUT2D eigenvalue weighted by Gasteiger charge is 2.29. The summed E-state index contributed by atoms with van der Waals surface area (Å²) in [7, 11) is 3.30. The maximum Gasteiger partial charge on any atom is 0.161 e. The summed E-state index contributed by atoms with van der Waals surface area (Å²) in [5.41, 5.74) is 7.47. The Morgan fingerprint density at radius 3 is 2.50 bits per heavy atom. The number of ether oxygens (including phenoxy) is 2. The van der Waals surface area contributed by atoms with E-state index in [4.69, 9.17) is 15.2 Å². The Hall–Kier alpha value is -1.26. The van der Waals surface area contributed by atoms with Crippen molar-refractivity contribution in [2.24, 2.45) is 5.73 Å². The number of nitrogens with zero attached hydrogens (tertiary/aromatic N) is 1. The van der Waals surface area contributed by atoms with Gasteiger partial charge in [-0.05, 0) is 43.5 Å². The van der Waals surface area contributed by atoms with Crippen LogP contribution in [0, 0.1) is 0 Å². The zero-order valence-electron chi connectivity index (χ0n) is 12.8. The minimum Gasteiger partial charge on any atom is -0.493 e. The van der Waals surface area contributed by atoms with Gasteiger partial charge in [0.05, 0.1) is 14.2 Å². The van der Waals surface area contributed by atoms with Crippen LogP contribution in [-0.4, -0.2) is 38.3 Å². The first-order valence-corrected chi connectivity index (χ1v) is 7.41. The van der Waals surface area contributed by atoms with Crippen LogP contribution < -0.4 is 15.2 Å². The molecule has 0 amide bonds. The Balaban J connectivity index is 2.05. The average molecular weight is 278 g/mol. The van der Waals surface area contributed by atoms with Crippen LogP contribution >= 0.6 is 0 Å². The maximum atomic E-state index is 6.37. The molecule has 1 aliphatic rings. The van der Waals surface area contributed by atoms with Gasteiger partial charge in [0.25, 0.3) is 0 Å². The zero-order valence-corrected chi connectivity index (χ0v) is 12.8. The summed E-state index contributed by atoms with van der Waals surface area (Å²) < 4.78 is 10.6. The molecule has 0 aliphatic heterocycles. The van der Waals surface area contributed by atoms with E-state index in [2.05, 4.69) is 11.8 Å². The fourth-order valence-electron chi connectivity index (χ4n) is 2.59. The smallest absolute Gasteiger partial charge is 0.161 e. The lowest BCUT2D eigenvalue weighted by Gasteiger charge is -2.25. The van der Waals surface area contributed by atoms with Crippen LogP contribution in [0.2, 0.25) is 0 Å². The standard InChI is InChI=1S/C16H26N2O2/c1-4-9-18(13-6-7-13)11-14(17)12-5-8-15(19-2)16(10-12)20-3/h5,8,10,13-14H,4,6-7,9,11,17H2,1-3H3. The molecule has 1 aliphatic carbocycles. The van der Waals surface area contributed by atoms with Crippen LogP contribution in [-0.2, 0) is 0 Å². The normalized spacial score (nSPS) is 16.2. The molecule has 0 heterocycles. The van der Waals surface area contributed by atoms with E-state index in [1.807, 2.05) is 18.2 Å². The average Bonchev–Trinajstić information content (AvgIpc) is 3.30. The number of rotatable bonds is 8. The molecule has 1 saturated carbocycles. The van der Waals surface area contributed by atoms with Crippen molar-refractivity contribution in [2.75, 3.05) is 27.3 Å². The molecular formula is C16H26N2O2. The molecule has 1 unspecified atom stereocenters. The van der Waals surface area contributed by atoms with Crippen molar-refractivity contribution in [3.63, 3.8) is 0 Å². The molecule has 0 bridgehead atoms. The van der Waals surface area contributed by atoms with Gasteiger partial charge in [-0.3, -0.25) is 4.90 Å². The number of hydrogen-bond donors (Lipinski definition) is 1. The summed E-state index contributed by atoms with van der Waals surface area (Å²) >= 11 is 0. The molecule has 0 aromatic heterocycles. The minimum absolute atomic E-state index is 0.0157. The van der Waals surface area contributed by atoms with Crippen LogP contribution in [0.3, 0.4) is 0 Å². The van der Waals surface area contributed by atoms with Crippen molar-refractivity contribution in [1.82, 2.24) is 4.90 Å². The molecule has 112 valence electrons. The zero-order chi connectivity index (χ0) is 14.5. The third-order valence-electron chi connectivity index (χ3n) is 3.84. The second kappa shape index (κ2) is 6.95. The van der Waals surface area contributed by atoms with Gasteiger partial charge in [0.2, 0.25) is 0 Å². The number of methoxy groups -OCH3 is 2. The molecule has 2 rings (SSSR count). The van der Waals surface area contributed by atoms with E-state index in [0.29, 0.717) is 0 Å². The van der Waals surface area contributed by atoms with Crippen LogP contribution in [0.15, 0.2) is 18.2 Å². The van der Waals surface area contributed by atoms with Crippen molar-refractivity contribution in [1.29, 1.82) is 0 Å². The van der Waals surface area contributed by atoms with Gasteiger partial charge >= 0.3 is 0 Å². The van der Waals surface area contributed by atoms with Gasteiger partial charge < -0.3 is 15.2 Å². The summed E-state index contributed by atoms with van der Waals surface area (Å²) in [5.74, 6) is 1.49. The first-order chi connectivity index (χ1) is 9.69. The minimum atomic E-state index is 0.0157. The summed E-state index contributed by atoms with van der Waals surface area (Å²) in [6.45, 7) is 4.26. The van der Waals surface area contributed by atoms with E-state index in [9.17, 15) is 0 Å². The van der Waals surface area contributed by atoms with Crippen molar-refractivity contribution in [2.45, 2.75) is 38.3 Å². The Morgan fingerprint density at radius 1 is 1.25 bits per heavy atom. The summed E-state index contributed by atoms with van der Waals surface area (Å²) in [4.78, 5) is 2.52. The van der Waals surface area contributed by atoms with Gasteiger partial charge in [0.1, 0.15) is 0 Å². The quantitative estimate of drug-likeness (QED) is 0.794. The molecule has 0 saturated heterocycles. The molecular weight excluding hydrogens is 252 g/mol. The van der Waals surface area contributed by atoms with E-state index >= 15 is 0 Å². The summed E-state index contributed by atoms with van der Waals surface area (Å²) in [5, 5.41) is 0. The Labute approximate surface area is 121 Å². The highest BCUT2D eigenvalue weighted by atomic mass is 16.5. The van der Waals surface area contributed by atoms with Crippen molar-refractivity contribution >= 4 is 0 Å². The highest BCUT2D eigenvalue weighted by Crippen LogP contribution is 2.31. The number of benzene rings is 1. The van der Waals surface area contributed by atoms with Gasteiger partial charge in [-0.25, -0.2) is 0 Å². The van der Waals surface area contributed by atoms with Crippen LogP contribution in [0.25, 0.3) is 0 Å². The van der Waals surface area contributed by atoms with E-state index < -0.39 is 0 Å². The van der Waals surface area contributed by atoms with Gasteiger partial charge in [-0.2, -0.15) is 0 Å². The third kappa shape index (κ3) is 3.64. The van der Waals surface area contributed by atoms with Crippen molar-refractivity contribution < 1.29 is 9.47 Å². The first-order valence-electron chi connectivity index (χ1n) is 7.41. The Bertz CT molecular complexity index is 432. The van der Waals surface area contributed by atoms with Crippen molar-refractivity contribution in [3.05, 3.63) is 23.8 Å². The third-order valence-corrected chi connectivity index (χ3v) is 3.84. The molecule has 1 atom stereocenters. The number of hydrogen-bond acceptors (Lipinski definition) is 4. The maximum absolute atomic E-state index is 6.37.